The van der Waals surface area contributed by atoms with Crippen LogP contribution in [-0.2, 0) is 4.79 Å². The summed E-state index contributed by atoms with van der Waals surface area (Å²) in [7, 11) is 0. The summed E-state index contributed by atoms with van der Waals surface area (Å²) in [6.45, 7) is 6.89. The minimum absolute atomic E-state index is 0.332. The number of aliphatic carboxylic acids is 1. The Morgan fingerprint density at radius 3 is 2.08 bits per heavy atom. The summed E-state index contributed by atoms with van der Waals surface area (Å²) >= 11 is 0. The lowest BCUT2D eigenvalue weighted by molar-refractivity contribution is -0.139. The van der Waals surface area contributed by atoms with Gasteiger partial charge in [0.1, 0.15) is 11.5 Å². The molecular weight excluding hydrogens is 328 g/mol. The molecule has 1 aromatic carbocycles. The lowest BCUT2D eigenvalue weighted by Gasteiger charge is -2.15. The number of hydrogen-bond donors (Lipinski definition) is 1. The number of hydrogen-bond acceptors (Lipinski definition) is 3. The normalized spacial score (nSPS) is 12.0. The molecule has 0 saturated heterocycles. The molecular formula is C22H36O4. The first-order chi connectivity index (χ1) is 12.6. The molecule has 0 radical (unpaired) electrons. The number of ether oxygens (including phenoxy) is 2. The Kier molecular flexibility index (Phi) is 11.6. The fourth-order valence-corrected chi connectivity index (χ4v) is 2.85. The zero-order chi connectivity index (χ0) is 19.2. The van der Waals surface area contributed by atoms with E-state index in [-0.39, 0.29) is 6.61 Å². The number of rotatable bonds is 15. The predicted molar refractivity (Wildman–Crippen MR) is 106 cm³/mol. The average molecular weight is 365 g/mol. The molecule has 0 amide bonds. The molecule has 0 bridgehead atoms. The summed E-state index contributed by atoms with van der Waals surface area (Å²) in [6, 6.07) is 5.76. The van der Waals surface area contributed by atoms with Crippen molar-refractivity contribution in [3.05, 3.63) is 23.8 Å². The second-order valence-electron chi connectivity index (χ2n) is 7.05. The maximum Gasteiger partial charge on any atom is 0.341 e. The van der Waals surface area contributed by atoms with Gasteiger partial charge in [0.15, 0.2) is 6.61 Å². The third kappa shape index (κ3) is 9.69. The lowest BCUT2D eigenvalue weighted by atomic mass is 9.98. The van der Waals surface area contributed by atoms with Crippen molar-refractivity contribution in [2.75, 3.05) is 13.2 Å². The molecule has 0 aliphatic carbocycles. The zero-order valence-corrected chi connectivity index (χ0v) is 16.8. The van der Waals surface area contributed by atoms with Gasteiger partial charge >= 0.3 is 5.97 Å². The Balaban J connectivity index is 2.43. The van der Waals surface area contributed by atoms with Crippen molar-refractivity contribution in [3.63, 3.8) is 0 Å². The van der Waals surface area contributed by atoms with Gasteiger partial charge in [0.05, 0.1) is 6.61 Å². The fraction of sp³-hybridized carbons (Fsp3) is 0.682. The average Bonchev–Trinajstić information content (AvgIpc) is 2.64. The monoisotopic (exact) mass is 364 g/mol. The summed E-state index contributed by atoms with van der Waals surface area (Å²) in [5.74, 6) is 0.747. The number of carboxylic acid groups (broad SMARTS) is 1. The van der Waals surface area contributed by atoms with Crippen LogP contribution in [0.1, 0.15) is 90.0 Å². The van der Waals surface area contributed by atoms with E-state index in [1.807, 2.05) is 12.1 Å². The molecule has 0 aliphatic rings. The van der Waals surface area contributed by atoms with Gasteiger partial charge in [-0.25, -0.2) is 4.79 Å². The molecule has 1 unspecified atom stereocenters. The molecule has 1 N–H and O–H groups in total. The largest absolute Gasteiger partial charge is 0.493 e. The van der Waals surface area contributed by atoms with Crippen molar-refractivity contribution in [2.45, 2.75) is 84.5 Å². The van der Waals surface area contributed by atoms with Gasteiger partial charge in [-0.05, 0) is 36.5 Å². The molecule has 1 atom stereocenters. The highest BCUT2D eigenvalue weighted by molar-refractivity contribution is 5.68. The third-order valence-electron chi connectivity index (χ3n) is 4.71. The van der Waals surface area contributed by atoms with E-state index in [1.54, 1.807) is 6.07 Å². The van der Waals surface area contributed by atoms with Crippen LogP contribution >= 0.6 is 0 Å². The second kappa shape index (κ2) is 13.5. The Morgan fingerprint density at radius 1 is 0.923 bits per heavy atom. The molecule has 0 fully saturated rings. The van der Waals surface area contributed by atoms with Crippen LogP contribution in [0.25, 0.3) is 0 Å². The summed E-state index contributed by atoms with van der Waals surface area (Å²) in [5.41, 5.74) is 1.13. The van der Waals surface area contributed by atoms with Crippen molar-refractivity contribution in [1.82, 2.24) is 0 Å². The van der Waals surface area contributed by atoms with Crippen LogP contribution in [0.15, 0.2) is 18.2 Å². The van der Waals surface area contributed by atoms with Crippen LogP contribution in [0.3, 0.4) is 0 Å². The SMILES string of the molecule is CCCCCCCCCCOc1cc(OCC(=O)O)cc(C(C)CC)c1. The van der Waals surface area contributed by atoms with Crippen LogP contribution in [0, 0.1) is 0 Å². The van der Waals surface area contributed by atoms with Gasteiger partial charge in [0.25, 0.3) is 0 Å². The summed E-state index contributed by atoms with van der Waals surface area (Å²) < 4.78 is 11.3. The van der Waals surface area contributed by atoms with Gasteiger partial charge < -0.3 is 14.6 Å². The van der Waals surface area contributed by atoms with E-state index in [2.05, 4.69) is 20.8 Å². The number of carbonyl (C=O) groups is 1. The van der Waals surface area contributed by atoms with Gasteiger partial charge in [0.2, 0.25) is 0 Å². The molecule has 1 aromatic rings. The molecule has 0 aromatic heterocycles. The zero-order valence-electron chi connectivity index (χ0n) is 16.8. The first-order valence-corrected chi connectivity index (χ1v) is 10.2. The topological polar surface area (TPSA) is 55.8 Å². The van der Waals surface area contributed by atoms with Gasteiger partial charge in [-0.3, -0.25) is 0 Å². The maximum atomic E-state index is 10.7. The van der Waals surface area contributed by atoms with Gasteiger partial charge in [-0.1, -0.05) is 65.7 Å². The highest BCUT2D eigenvalue weighted by Crippen LogP contribution is 2.29. The summed E-state index contributed by atoms with van der Waals surface area (Å²) in [4.78, 5) is 10.7. The molecule has 0 aliphatic heterocycles. The van der Waals surface area contributed by atoms with Crippen molar-refractivity contribution >= 4 is 5.97 Å². The van der Waals surface area contributed by atoms with E-state index in [0.29, 0.717) is 18.3 Å². The van der Waals surface area contributed by atoms with Crippen LogP contribution in [0.4, 0.5) is 0 Å². The van der Waals surface area contributed by atoms with Gasteiger partial charge in [-0.2, -0.15) is 0 Å². The van der Waals surface area contributed by atoms with Crippen molar-refractivity contribution in [3.8, 4) is 11.5 Å². The van der Waals surface area contributed by atoms with E-state index < -0.39 is 5.97 Å². The van der Waals surface area contributed by atoms with Gasteiger partial charge in [0, 0.05) is 6.07 Å². The van der Waals surface area contributed by atoms with E-state index in [9.17, 15) is 4.79 Å². The predicted octanol–water partition coefficient (Wildman–Crippen LogP) is 6.18. The second-order valence-corrected chi connectivity index (χ2v) is 7.05. The molecule has 0 heterocycles. The number of benzene rings is 1. The minimum atomic E-state index is -0.972. The van der Waals surface area contributed by atoms with Crippen molar-refractivity contribution in [1.29, 1.82) is 0 Å². The standard InChI is InChI=1S/C22H36O4/c1-4-6-7-8-9-10-11-12-13-25-20-14-19(18(3)5-2)15-21(16-20)26-17-22(23)24/h14-16,18H,4-13,17H2,1-3H3,(H,23,24). The number of unbranched alkanes of at least 4 members (excludes halogenated alkanes) is 7. The Bertz CT molecular complexity index is 513. The number of carboxylic acids is 1. The van der Waals surface area contributed by atoms with Crippen molar-refractivity contribution < 1.29 is 19.4 Å². The molecule has 148 valence electrons. The lowest BCUT2D eigenvalue weighted by Crippen LogP contribution is -2.10. The molecule has 4 heteroatoms. The molecule has 0 saturated carbocycles. The van der Waals surface area contributed by atoms with Crippen LogP contribution in [0.5, 0.6) is 11.5 Å². The van der Waals surface area contributed by atoms with E-state index in [1.165, 1.54) is 44.9 Å². The first-order valence-electron chi connectivity index (χ1n) is 10.2. The Labute approximate surface area is 158 Å². The Hall–Kier alpha value is -1.71. The van der Waals surface area contributed by atoms with Crippen LogP contribution in [-0.4, -0.2) is 24.3 Å². The third-order valence-corrected chi connectivity index (χ3v) is 4.71. The summed E-state index contributed by atoms with van der Waals surface area (Å²) in [5, 5.41) is 8.80. The Morgan fingerprint density at radius 2 is 1.50 bits per heavy atom. The molecule has 0 spiro atoms. The van der Waals surface area contributed by atoms with Crippen molar-refractivity contribution in [2.24, 2.45) is 0 Å². The van der Waals surface area contributed by atoms with Gasteiger partial charge in [-0.15, -0.1) is 0 Å². The molecule has 4 nitrogen and oxygen atoms in total. The minimum Gasteiger partial charge on any atom is -0.493 e. The maximum absolute atomic E-state index is 10.7. The first kappa shape index (κ1) is 22.3. The molecule has 1 rings (SSSR count). The highest BCUT2D eigenvalue weighted by Gasteiger charge is 2.09. The fourth-order valence-electron chi connectivity index (χ4n) is 2.85. The quantitative estimate of drug-likeness (QED) is 0.377. The van der Waals surface area contributed by atoms with E-state index in [0.717, 1.165) is 24.2 Å². The van der Waals surface area contributed by atoms with Crippen LogP contribution < -0.4 is 9.47 Å². The summed E-state index contributed by atoms with van der Waals surface area (Å²) in [6.07, 6.45) is 11.2. The van der Waals surface area contributed by atoms with E-state index >= 15 is 0 Å². The highest BCUT2D eigenvalue weighted by atomic mass is 16.5. The smallest absolute Gasteiger partial charge is 0.341 e. The molecule has 26 heavy (non-hydrogen) atoms. The van der Waals surface area contributed by atoms with E-state index in [4.69, 9.17) is 14.6 Å². The van der Waals surface area contributed by atoms with Crippen LogP contribution in [0.2, 0.25) is 0 Å².